The molecule has 0 bridgehead atoms. The molecule has 2 rings (SSSR count). The van der Waals surface area contributed by atoms with Crippen molar-refractivity contribution in [1.29, 1.82) is 0 Å². The van der Waals surface area contributed by atoms with Gasteiger partial charge in [-0.25, -0.2) is 0 Å². The summed E-state index contributed by atoms with van der Waals surface area (Å²) in [5.74, 6) is 1.48. The molecule has 17 heavy (non-hydrogen) atoms. The summed E-state index contributed by atoms with van der Waals surface area (Å²) in [4.78, 5) is 2.16. The fraction of sp³-hybridized carbons (Fsp3) is 0.538. The molecule has 1 aliphatic rings. The summed E-state index contributed by atoms with van der Waals surface area (Å²) >= 11 is 0. The Hall–Kier alpha value is -1.26. The number of likely N-dealkylation sites (N-methyl/N-ethyl adjacent to an activating group) is 1. The molecule has 1 aliphatic heterocycles. The molecule has 0 fully saturated rings. The van der Waals surface area contributed by atoms with Crippen molar-refractivity contribution in [3.63, 3.8) is 0 Å². The van der Waals surface area contributed by atoms with Gasteiger partial charge < -0.3 is 14.6 Å². The maximum Gasteiger partial charge on any atom is 0.161 e. The van der Waals surface area contributed by atoms with Crippen LogP contribution in [0.15, 0.2) is 12.1 Å². The largest absolute Gasteiger partial charge is 0.493 e. The minimum atomic E-state index is 0.0542. The van der Waals surface area contributed by atoms with E-state index in [9.17, 15) is 5.11 Å². The summed E-state index contributed by atoms with van der Waals surface area (Å²) in [6, 6.07) is 4.05. The summed E-state index contributed by atoms with van der Waals surface area (Å²) in [5.41, 5.74) is 2.37. The van der Waals surface area contributed by atoms with Crippen LogP contribution in [-0.4, -0.2) is 44.4 Å². The molecule has 0 saturated heterocycles. The second-order valence-corrected chi connectivity index (χ2v) is 4.33. The van der Waals surface area contributed by atoms with Crippen molar-refractivity contribution in [3.05, 3.63) is 23.3 Å². The van der Waals surface area contributed by atoms with E-state index in [1.54, 1.807) is 14.2 Å². The Balaban J connectivity index is 2.48. The third-order valence-electron chi connectivity index (χ3n) is 3.44. The van der Waals surface area contributed by atoms with E-state index in [-0.39, 0.29) is 12.6 Å². The molecule has 94 valence electrons. The highest BCUT2D eigenvalue weighted by molar-refractivity contribution is 5.49. The van der Waals surface area contributed by atoms with Crippen LogP contribution in [-0.2, 0) is 6.42 Å². The molecule has 1 N–H and O–H groups in total. The fourth-order valence-corrected chi connectivity index (χ4v) is 2.39. The lowest BCUT2D eigenvalue weighted by Gasteiger charge is -2.33. The molecule has 1 atom stereocenters. The summed E-state index contributed by atoms with van der Waals surface area (Å²) in [7, 11) is 5.30. The van der Waals surface area contributed by atoms with E-state index in [0.717, 1.165) is 30.0 Å². The zero-order chi connectivity index (χ0) is 12.4. The first-order valence-corrected chi connectivity index (χ1v) is 5.77. The fourth-order valence-electron chi connectivity index (χ4n) is 2.39. The number of rotatable bonds is 3. The molecule has 1 aromatic rings. The van der Waals surface area contributed by atoms with Crippen molar-refractivity contribution >= 4 is 0 Å². The van der Waals surface area contributed by atoms with Gasteiger partial charge in [0, 0.05) is 6.54 Å². The number of hydrogen-bond donors (Lipinski definition) is 1. The van der Waals surface area contributed by atoms with E-state index in [2.05, 4.69) is 4.90 Å². The molecule has 0 unspecified atom stereocenters. The number of aliphatic hydroxyl groups is 1. The average Bonchev–Trinajstić information content (AvgIpc) is 2.37. The van der Waals surface area contributed by atoms with Crippen molar-refractivity contribution in [3.8, 4) is 11.5 Å². The van der Waals surface area contributed by atoms with Crippen LogP contribution in [0, 0.1) is 0 Å². The van der Waals surface area contributed by atoms with Crippen molar-refractivity contribution in [2.75, 3.05) is 34.4 Å². The van der Waals surface area contributed by atoms with Crippen LogP contribution >= 0.6 is 0 Å². The monoisotopic (exact) mass is 237 g/mol. The van der Waals surface area contributed by atoms with Crippen LogP contribution in [0.5, 0.6) is 11.5 Å². The smallest absolute Gasteiger partial charge is 0.161 e. The summed E-state index contributed by atoms with van der Waals surface area (Å²) in [6.07, 6.45) is 0.975. The summed E-state index contributed by atoms with van der Waals surface area (Å²) in [6.45, 7) is 1.08. The Morgan fingerprint density at radius 1 is 1.29 bits per heavy atom. The number of nitrogens with zero attached hydrogens (tertiary/aromatic N) is 1. The van der Waals surface area contributed by atoms with E-state index in [1.165, 1.54) is 5.56 Å². The quantitative estimate of drug-likeness (QED) is 0.858. The van der Waals surface area contributed by atoms with Crippen molar-refractivity contribution < 1.29 is 14.6 Å². The second kappa shape index (κ2) is 4.94. The van der Waals surface area contributed by atoms with Crippen LogP contribution in [0.4, 0.5) is 0 Å². The molecule has 0 radical (unpaired) electrons. The number of aliphatic hydroxyl groups excluding tert-OH is 1. The molecule has 0 amide bonds. The zero-order valence-corrected chi connectivity index (χ0v) is 10.6. The van der Waals surface area contributed by atoms with Crippen LogP contribution in [0.2, 0.25) is 0 Å². The Kier molecular flexibility index (Phi) is 3.54. The maximum atomic E-state index is 9.48. The highest BCUT2D eigenvalue weighted by atomic mass is 16.5. The topological polar surface area (TPSA) is 41.9 Å². The number of ether oxygens (including phenoxy) is 2. The lowest BCUT2D eigenvalue weighted by molar-refractivity contribution is 0.139. The average molecular weight is 237 g/mol. The van der Waals surface area contributed by atoms with Gasteiger partial charge in [-0.05, 0) is 36.7 Å². The van der Waals surface area contributed by atoms with Gasteiger partial charge in [0.25, 0.3) is 0 Å². The molecule has 0 saturated carbocycles. The number of methoxy groups -OCH3 is 2. The highest BCUT2D eigenvalue weighted by Gasteiger charge is 2.25. The Labute approximate surface area is 102 Å². The van der Waals surface area contributed by atoms with E-state index in [0.29, 0.717) is 0 Å². The number of fused-ring (bicyclic) bond motifs is 1. The normalized spacial score (nSPS) is 19.9. The molecule has 4 nitrogen and oxygen atoms in total. The third kappa shape index (κ3) is 2.10. The van der Waals surface area contributed by atoms with Gasteiger partial charge >= 0.3 is 0 Å². The SMILES string of the molecule is COc1cc2c(cc1OC)[C@H](CO)N(C)CC2. The number of benzene rings is 1. The van der Waals surface area contributed by atoms with Crippen LogP contribution in [0.1, 0.15) is 17.2 Å². The van der Waals surface area contributed by atoms with E-state index < -0.39 is 0 Å². The lowest BCUT2D eigenvalue weighted by Crippen LogP contribution is -2.34. The molecule has 0 aromatic heterocycles. The zero-order valence-electron chi connectivity index (χ0n) is 10.6. The van der Waals surface area contributed by atoms with Crippen molar-refractivity contribution in [1.82, 2.24) is 4.90 Å². The van der Waals surface area contributed by atoms with Gasteiger partial charge in [-0.15, -0.1) is 0 Å². The highest BCUT2D eigenvalue weighted by Crippen LogP contribution is 2.37. The van der Waals surface area contributed by atoms with Crippen molar-refractivity contribution in [2.45, 2.75) is 12.5 Å². The number of hydrogen-bond acceptors (Lipinski definition) is 4. The lowest BCUT2D eigenvalue weighted by atomic mass is 9.92. The van der Waals surface area contributed by atoms with Gasteiger partial charge in [0.1, 0.15) is 0 Å². The van der Waals surface area contributed by atoms with E-state index >= 15 is 0 Å². The Morgan fingerprint density at radius 2 is 1.94 bits per heavy atom. The first-order chi connectivity index (χ1) is 8.21. The predicted molar refractivity (Wildman–Crippen MR) is 65.7 cm³/mol. The first kappa shape index (κ1) is 12.2. The third-order valence-corrected chi connectivity index (χ3v) is 3.44. The van der Waals surface area contributed by atoms with Gasteiger partial charge in [-0.2, -0.15) is 0 Å². The minimum Gasteiger partial charge on any atom is -0.493 e. The Bertz CT molecular complexity index is 406. The molecular weight excluding hydrogens is 218 g/mol. The molecule has 1 heterocycles. The Morgan fingerprint density at radius 3 is 2.53 bits per heavy atom. The molecular formula is C13H19NO3. The van der Waals surface area contributed by atoms with Crippen LogP contribution < -0.4 is 9.47 Å². The van der Waals surface area contributed by atoms with Gasteiger partial charge in [-0.3, -0.25) is 4.90 Å². The van der Waals surface area contributed by atoms with Crippen LogP contribution in [0.25, 0.3) is 0 Å². The second-order valence-electron chi connectivity index (χ2n) is 4.33. The molecule has 4 heteroatoms. The summed E-state index contributed by atoms with van der Waals surface area (Å²) in [5, 5.41) is 9.48. The van der Waals surface area contributed by atoms with Gasteiger partial charge in [-0.1, -0.05) is 0 Å². The van der Waals surface area contributed by atoms with Crippen LogP contribution in [0.3, 0.4) is 0 Å². The molecule has 0 aliphatic carbocycles. The molecule has 0 spiro atoms. The van der Waals surface area contributed by atoms with E-state index in [1.807, 2.05) is 19.2 Å². The first-order valence-electron chi connectivity index (χ1n) is 5.77. The maximum absolute atomic E-state index is 9.48. The predicted octanol–water partition coefficient (Wildman–Crippen LogP) is 1.23. The van der Waals surface area contributed by atoms with Gasteiger partial charge in [0.15, 0.2) is 11.5 Å². The molecule has 1 aromatic carbocycles. The standard InChI is InChI=1S/C13H19NO3/c1-14-5-4-9-6-12(16-2)13(17-3)7-10(9)11(14)8-15/h6-7,11,15H,4-5,8H2,1-3H3/t11-/m0/s1. The van der Waals surface area contributed by atoms with Gasteiger partial charge in [0.2, 0.25) is 0 Å². The van der Waals surface area contributed by atoms with Crippen molar-refractivity contribution in [2.24, 2.45) is 0 Å². The summed E-state index contributed by atoms with van der Waals surface area (Å²) < 4.78 is 10.6. The van der Waals surface area contributed by atoms with E-state index in [4.69, 9.17) is 9.47 Å². The van der Waals surface area contributed by atoms with Gasteiger partial charge in [0.05, 0.1) is 26.9 Å². The minimum absolute atomic E-state index is 0.0542.